The second kappa shape index (κ2) is 6.16. The Balaban J connectivity index is 1.79. The summed E-state index contributed by atoms with van der Waals surface area (Å²) in [6, 6.07) is 14.3. The maximum Gasteiger partial charge on any atom is 0.330 e. The highest BCUT2D eigenvalue weighted by molar-refractivity contribution is 5.81. The van der Waals surface area contributed by atoms with Crippen LogP contribution in [0, 0.1) is 0 Å². The fourth-order valence-electron chi connectivity index (χ4n) is 2.98. The van der Waals surface area contributed by atoms with Gasteiger partial charge in [-0.2, -0.15) is 0 Å². The van der Waals surface area contributed by atoms with Crippen LogP contribution >= 0.6 is 0 Å². The quantitative estimate of drug-likeness (QED) is 0.579. The van der Waals surface area contributed by atoms with Gasteiger partial charge in [-0.3, -0.25) is 0 Å². The van der Waals surface area contributed by atoms with Crippen LogP contribution in [0.25, 0.3) is 11.1 Å². The molecule has 0 saturated carbocycles. The summed E-state index contributed by atoms with van der Waals surface area (Å²) in [5, 5.41) is 10.4. The number of esters is 1. The number of carbonyl (C=O) groups is 1. The Morgan fingerprint density at radius 1 is 1.23 bits per heavy atom. The fourth-order valence-corrected chi connectivity index (χ4v) is 2.98. The molecule has 0 radical (unpaired) electrons. The van der Waals surface area contributed by atoms with Gasteiger partial charge >= 0.3 is 5.97 Å². The number of ether oxygens (including phenoxy) is 1. The molecule has 0 aliphatic heterocycles. The van der Waals surface area contributed by atoms with E-state index in [0.717, 1.165) is 18.1 Å². The third kappa shape index (κ3) is 2.68. The number of hydrogen-bond donors (Lipinski definition) is 1. The van der Waals surface area contributed by atoms with Gasteiger partial charge in [0.25, 0.3) is 0 Å². The van der Waals surface area contributed by atoms with Gasteiger partial charge in [0.05, 0.1) is 12.7 Å². The second-order valence-electron chi connectivity index (χ2n) is 5.38. The molecule has 1 unspecified atom stereocenters. The predicted octanol–water partition coefficient (Wildman–Crippen LogP) is 3.41. The fraction of sp³-hybridized carbons (Fsp3) is 0.211. The van der Waals surface area contributed by atoms with E-state index < -0.39 is 12.1 Å². The molecule has 0 bridgehead atoms. The summed E-state index contributed by atoms with van der Waals surface area (Å²) in [7, 11) is 0. The Morgan fingerprint density at radius 2 is 2.00 bits per heavy atom. The van der Waals surface area contributed by atoms with Gasteiger partial charge in [-0.05, 0) is 34.2 Å². The number of hydrogen-bond acceptors (Lipinski definition) is 3. The molecule has 2 aromatic carbocycles. The van der Waals surface area contributed by atoms with E-state index in [1.807, 2.05) is 24.3 Å². The van der Waals surface area contributed by atoms with Crippen LogP contribution in [0.1, 0.15) is 29.2 Å². The van der Waals surface area contributed by atoms with Gasteiger partial charge in [0.1, 0.15) is 0 Å². The van der Waals surface area contributed by atoms with E-state index in [9.17, 15) is 9.90 Å². The molecule has 3 rings (SSSR count). The molecule has 1 N–H and O–H groups in total. The second-order valence-corrected chi connectivity index (χ2v) is 5.38. The van der Waals surface area contributed by atoms with Gasteiger partial charge in [0.15, 0.2) is 0 Å². The Labute approximate surface area is 129 Å². The summed E-state index contributed by atoms with van der Waals surface area (Å²) in [5.41, 5.74) is 5.81. The predicted molar refractivity (Wildman–Crippen MR) is 85.4 cm³/mol. The number of rotatable bonds is 5. The number of benzene rings is 2. The summed E-state index contributed by atoms with van der Waals surface area (Å²) >= 11 is 0. The van der Waals surface area contributed by atoms with Gasteiger partial charge < -0.3 is 9.84 Å². The average Bonchev–Trinajstić information content (AvgIpc) is 2.93. The van der Waals surface area contributed by atoms with Gasteiger partial charge in [-0.15, -0.1) is 0 Å². The molecule has 1 aliphatic rings. The molecule has 112 valence electrons. The minimum absolute atomic E-state index is 0.183. The van der Waals surface area contributed by atoms with Crippen molar-refractivity contribution < 1.29 is 14.6 Å². The molecule has 0 saturated heterocycles. The van der Waals surface area contributed by atoms with E-state index in [1.165, 1.54) is 22.3 Å². The van der Waals surface area contributed by atoms with Crippen molar-refractivity contribution in [2.24, 2.45) is 0 Å². The smallest absolute Gasteiger partial charge is 0.330 e. The van der Waals surface area contributed by atoms with E-state index in [-0.39, 0.29) is 6.61 Å². The first-order valence-electron chi connectivity index (χ1n) is 7.38. The van der Waals surface area contributed by atoms with Crippen molar-refractivity contribution in [3.05, 3.63) is 71.8 Å². The summed E-state index contributed by atoms with van der Waals surface area (Å²) in [4.78, 5) is 11.0. The van der Waals surface area contributed by atoms with Gasteiger partial charge in [0.2, 0.25) is 0 Å². The lowest BCUT2D eigenvalue weighted by molar-refractivity contribution is -0.138. The summed E-state index contributed by atoms with van der Waals surface area (Å²) < 4.78 is 4.95. The van der Waals surface area contributed by atoms with Crippen molar-refractivity contribution in [2.75, 3.05) is 6.61 Å². The highest BCUT2D eigenvalue weighted by Crippen LogP contribution is 2.40. The molecule has 2 aromatic rings. The van der Waals surface area contributed by atoms with E-state index in [2.05, 4.69) is 24.8 Å². The lowest BCUT2D eigenvalue weighted by Crippen LogP contribution is -2.08. The molecule has 0 heterocycles. The van der Waals surface area contributed by atoms with Gasteiger partial charge in [-0.25, -0.2) is 4.79 Å². The molecule has 3 heteroatoms. The third-order valence-electron chi connectivity index (χ3n) is 4.05. The molecule has 0 amide bonds. The Hall–Kier alpha value is -2.39. The molecule has 1 aliphatic carbocycles. The minimum atomic E-state index is -0.637. The molecule has 0 aromatic heterocycles. The summed E-state index contributed by atoms with van der Waals surface area (Å²) in [6.07, 6.45) is 1.71. The van der Waals surface area contributed by atoms with Crippen molar-refractivity contribution in [3.63, 3.8) is 0 Å². The van der Waals surface area contributed by atoms with Crippen LogP contribution in [-0.2, 0) is 16.0 Å². The monoisotopic (exact) mass is 294 g/mol. The summed E-state index contributed by atoms with van der Waals surface area (Å²) in [6.45, 7) is 3.53. The zero-order chi connectivity index (χ0) is 15.5. The molecular weight excluding hydrogens is 276 g/mol. The van der Waals surface area contributed by atoms with Crippen molar-refractivity contribution in [1.82, 2.24) is 0 Å². The summed E-state index contributed by atoms with van der Waals surface area (Å²) in [5.74, 6) is -0.460. The number of carbonyl (C=O) groups excluding carboxylic acids is 1. The average molecular weight is 294 g/mol. The van der Waals surface area contributed by atoms with E-state index in [1.54, 1.807) is 0 Å². The minimum Gasteiger partial charge on any atom is -0.462 e. The van der Waals surface area contributed by atoms with Gasteiger partial charge in [-0.1, -0.05) is 49.0 Å². The highest BCUT2D eigenvalue weighted by Gasteiger charge is 2.23. The molecule has 1 atom stereocenters. The number of fused-ring (bicyclic) bond motifs is 3. The van der Waals surface area contributed by atoms with Gasteiger partial charge in [0, 0.05) is 12.5 Å². The molecule has 22 heavy (non-hydrogen) atoms. The van der Waals surface area contributed by atoms with Crippen molar-refractivity contribution in [2.45, 2.75) is 18.9 Å². The van der Waals surface area contributed by atoms with E-state index in [4.69, 9.17) is 4.74 Å². The largest absolute Gasteiger partial charge is 0.462 e. The van der Waals surface area contributed by atoms with Crippen LogP contribution in [0.4, 0.5) is 0 Å². The zero-order valence-electron chi connectivity index (χ0n) is 12.3. The maximum absolute atomic E-state index is 11.0. The Bertz CT molecular complexity index is 718. The topological polar surface area (TPSA) is 46.5 Å². The standard InChI is InChI=1S/C19H18O3/c1-2-19(21)22-11-10-18(20)16-9-5-8-15-14-7-4-3-6-13(14)12-17(15)16/h2-9,18,20H,1,10-12H2. The highest BCUT2D eigenvalue weighted by atomic mass is 16.5. The SMILES string of the molecule is C=CC(=O)OCCC(O)c1cccc2c1Cc1ccccc1-2. The first-order valence-corrected chi connectivity index (χ1v) is 7.38. The lowest BCUT2D eigenvalue weighted by Gasteiger charge is -2.15. The van der Waals surface area contributed by atoms with E-state index >= 15 is 0 Å². The van der Waals surface area contributed by atoms with E-state index in [0.29, 0.717) is 6.42 Å². The number of aliphatic hydroxyl groups is 1. The van der Waals surface area contributed by atoms with Crippen molar-refractivity contribution in [3.8, 4) is 11.1 Å². The van der Waals surface area contributed by atoms with Crippen molar-refractivity contribution >= 4 is 5.97 Å². The van der Waals surface area contributed by atoms with Crippen molar-refractivity contribution in [1.29, 1.82) is 0 Å². The third-order valence-corrected chi connectivity index (χ3v) is 4.05. The molecule has 3 nitrogen and oxygen atoms in total. The van der Waals surface area contributed by atoms with Crippen LogP contribution in [0.2, 0.25) is 0 Å². The molecular formula is C19H18O3. The van der Waals surface area contributed by atoms with Crippen LogP contribution in [-0.4, -0.2) is 17.7 Å². The van der Waals surface area contributed by atoms with Crippen LogP contribution in [0.5, 0.6) is 0 Å². The maximum atomic E-state index is 11.0. The van der Waals surface area contributed by atoms with Crippen LogP contribution in [0.15, 0.2) is 55.1 Å². The first kappa shape index (κ1) is 14.5. The van der Waals surface area contributed by atoms with Crippen LogP contribution in [0.3, 0.4) is 0 Å². The Morgan fingerprint density at radius 3 is 2.82 bits per heavy atom. The number of aliphatic hydroxyl groups excluding tert-OH is 1. The molecule has 0 fully saturated rings. The zero-order valence-corrected chi connectivity index (χ0v) is 12.3. The first-order chi connectivity index (χ1) is 10.7. The lowest BCUT2D eigenvalue weighted by atomic mass is 9.96. The van der Waals surface area contributed by atoms with Crippen LogP contribution < -0.4 is 0 Å². The molecule has 0 spiro atoms. The normalized spacial score (nSPS) is 13.1. The Kier molecular flexibility index (Phi) is 4.07.